The van der Waals surface area contributed by atoms with Crippen molar-refractivity contribution < 1.29 is 0 Å². The molecule has 2 rings (SSSR count). The Hall–Kier alpha value is -0.0800. The minimum Gasteiger partial charge on any atom is -0.311 e. The van der Waals surface area contributed by atoms with Gasteiger partial charge in [-0.05, 0) is 64.1 Å². The first kappa shape index (κ1) is 13.4. The summed E-state index contributed by atoms with van der Waals surface area (Å²) in [7, 11) is 0. The molecular weight excluding hydrogens is 208 g/mol. The van der Waals surface area contributed by atoms with Crippen molar-refractivity contribution in [3.05, 3.63) is 0 Å². The molecule has 1 N–H and O–H groups in total. The Kier molecular flexibility index (Phi) is 5.30. The Morgan fingerprint density at radius 2 is 1.76 bits per heavy atom. The summed E-state index contributed by atoms with van der Waals surface area (Å²) in [5.74, 6) is 1.01. The first-order chi connectivity index (χ1) is 8.31. The molecule has 2 atom stereocenters. The van der Waals surface area contributed by atoms with Gasteiger partial charge in [-0.2, -0.15) is 0 Å². The largest absolute Gasteiger partial charge is 0.311 e. The van der Waals surface area contributed by atoms with Crippen LogP contribution in [0.15, 0.2) is 0 Å². The van der Waals surface area contributed by atoms with E-state index in [4.69, 9.17) is 0 Å². The number of nitrogens with zero attached hydrogens (tertiary/aromatic N) is 1. The maximum atomic E-state index is 3.92. The second kappa shape index (κ2) is 6.75. The number of hydrogen-bond acceptors (Lipinski definition) is 2. The van der Waals surface area contributed by atoms with Crippen LogP contribution in [0.5, 0.6) is 0 Å². The predicted octanol–water partition coefficient (Wildman–Crippen LogP) is 3.03. The average Bonchev–Trinajstić information content (AvgIpc) is 2.80. The molecule has 2 nitrogen and oxygen atoms in total. The van der Waals surface area contributed by atoms with E-state index in [1.54, 1.807) is 0 Å². The standard InChI is InChI=1S/C15H30N2/c1-3-9-17-10-7-14(8-11-17)16-15-6-5-13(4-2)12-15/h13-16H,3-12H2,1-2H3. The molecule has 2 aliphatic rings. The first-order valence-electron chi connectivity index (χ1n) is 7.80. The molecule has 0 aromatic rings. The molecule has 0 amide bonds. The van der Waals surface area contributed by atoms with Gasteiger partial charge in [0.05, 0.1) is 0 Å². The van der Waals surface area contributed by atoms with Gasteiger partial charge in [-0.1, -0.05) is 20.3 Å². The van der Waals surface area contributed by atoms with Crippen molar-refractivity contribution >= 4 is 0 Å². The normalized spacial score (nSPS) is 32.1. The van der Waals surface area contributed by atoms with Crippen molar-refractivity contribution in [3.63, 3.8) is 0 Å². The molecule has 2 heteroatoms. The van der Waals surface area contributed by atoms with Crippen LogP contribution in [0.1, 0.15) is 58.8 Å². The molecule has 100 valence electrons. The van der Waals surface area contributed by atoms with Crippen LogP contribution in [0.3, 0.4) is 0 Å². The minimum absolute atomic E-state index is 0.809. The van der Waals surface area contributed by atoms with Gasteiger partial charge < -0.3 is 10.2 Å². The molecule has 1 aliphatic carbocycles. The fraction of sp³-hybridized carbons (Fsp3) is 1.00. The number of likely N-dealkylation sites (tertiary alicyclic amines) is 1. The lowest BCUT2D eigenvalue weighted by Crippen LogP contribution is -2.45. The van der Waals surface area contributed by atoms with Gasteiger partial charge in [-0.3, -0.25) is 0 Å². The smallest absolute Gasteiger partial charge is 0.00940 e. The molecule has 0 bridgehead atoms. The summed E-state index contributed by atoms with van der Waals surface area (Å²) in [6.07, 6.45) is 9.74. The van der Waals surface area contributed by atoms with Crippen LogP contribution < -0.4 is 5.32 Å². The van der Waals surface area contributed by atoms with Gasteiger partial charge in [0.25, 0.3) is 0 Å². The molecule has 17 heavy (non-hydrogen) atoms. The third kappa shape index (κ3) is 3.96. The zero-order chi connectivity index (χ0) is 12.1. The molecule has 1 aliphatic heterocycles. The van der Waals surface area contributed by atoms with Crippen molar-refractivity contribution in [1.82, 2.24) is 10.2 Å². The Morgan fingerprint density at radius 1 is 1.00 bits per heavy atom. The van der Waals surface area contributed by atoms with Gasteiger partial charge >= 0.3 is 0 Å². The zero-order valence-electron chi connectivity index (χ0n) is 11.8. The summed E-state index contributed by atoms with van der Waals surface area (Å²) in [5, 5.41) is 3.92. The number of piperidine rings is 1. The van der Waals surface area contributed by atoms with E-state index in [1.165, 1.54) is 64.6 Å². The van der Waals surface area contributed by atoms with Crippen LogP contribution in [0, 0.1) is 5.92 Å². The van der Waals surface area contributed by atoms with Crippen LogP contribution >= 0.6 is 0 Å². The fourth-order valence-corrected chi connectivity index (χ4v) is 3.57. The summed E-state index contributed by atoms with van der Waals surface area (Å²) in [6, 6.07) is 1.64. The van der Waals surface area contributed by atoms with Crippen LogP contribution in [0.2, 0.25) is 0 Å². The Bertz CT molecular complexity index is 209. The predicted molar refractivity (Wildman–Crippen MR) is 74.3 cm³/mol. The Balaban J connectivity index is 1.65. The fourth-order valence-electron chi connectivity index (χ4n) is 3.57. The molecule has 0 aromatic carbocycles. The van der Waals surface area contributed by atoms with E-state index < -0.39 is 0 Å². The number of rotatable bonds is 5. The summed E-state index contributed by atoms with van der Waals surface area (Å²) in [4.78, 5) is 2.63. The minimum atomic E-state index is 0.809. The van der Waals surface area contributed by atoms with E-state index in [9.17, 15) is 0 Å². The maximum absolute atomic E-state index is 3.92. The van der Waals surface area contributed by atoms with E-state index in [-0.39, 0.29) is 0 Å². The van der Waals surface area contributed by atoms with Gasteiger partial charge in [-0.25, -0.2) is 0 Å². The van der Waals surface area contributed by atoms with Crippen LogP contribution in [-0.2, 0) is 0 Å². The molecular formula is C15H30N2. The highest BCUT2D eigenvalue weighted by molar-refractivity contribution is 4.85. The third-order valence-corrected chi connectivity index (χ3v) is 4.72. The van der Waals surface area contributed by atoms with E-state index >= 15 is 0 Å². The lowest BCUT2D eigenvalue weighted by Gasteiger charge is -2.33. The molecule has 0 aromatic heterocycles. The molecule has 1 saturated heterocycles. The average molecular weight is 238 g/mol. The lowest BCUT2D eigenvalue weighted by molar-refractivity contribution is 0.190. The maximum Gasteiger partial charge on any atom is 0.00940 e. The van der Waals surface area contributed by atoms with Gasteiger partial charge in [0.2, 0.25) is 0 Å². The molecule has 2 fully saturated rings. The van der Waals surface area contributed by atoms with Gasteiger partial charge in [-0.15, -0.1) is 0 Å². The Labute approximate surface area is 107 Å². The highest BCUT2D eigenvalue weighted by Gasteiger charge is 2.26. The van der Waals surface area contributed by atoms with Crippen molar-refractivity contribution in [2.24, 2.45) is 5.92 Å². The second-order valence-corrected chi connectivity index (χ2v) is 6.07. The third-order valence-electron chi connectivity index (χ3n) is 4.72. The van der Waals surface area contributed by atoms with Crippen LogP contribution in [-0.4, -0.2) is 36.6 Å². The summed E-state index contributed by atoms with van der Waals surface area (Å²) in [5.41, 5.74) is 0. The van der Waals surface area contributed by atoms with Crippen molar-refractivity contribution in [3.8, 4) is 0 Å². The Morgan fingerprint density at radius 3 is 2.35 bits per heavy atom. The zero-order valence-corrected chi connectivity index (χ0v) is 11.8. The lowest BCUT2D eigenvalue weighted by atomic mass is 10.0. The number of hydrogen-bond donors (Lipinski definition) is 1. The quantitative estimate of drug-likeness (QED) is 0.792. The van der Waals surface area contributed by atoms with Gasteiger partial charge in [0, 0.05) is 12.1 Å². The van der Waals surface area contributed by atoms with Gasteiger partial charge in [0.15, 0.2) is 0 Å². The second-order valence-electron chi connectivity index (χ2n) is 6.07. The van der Waals surface area contributed by atoms with Crippen molar-refractivity contribution in [2.75, 3.05) is 19.6 Å². The summed E-state index contributed by atoms with van der Waals surface area (Å²) >= 11 is 0. The number of nitrogens with one attached hydrogen (secondary N) is 1. The first-order valence-corrected chi connectivity index (χ1v) is 7.80. The molecule has 1 saturated carbocycles. The summed E-state index contributed by atoms with van der Waals surface area (Å²) in [6.45, 7) is 8.56. The van der Waals surface area contributed by atoms with E-state index in [2.05, 4.69) is 24.1 Å². The highest BCUT2D eigenvalue weighted by Crippen LogP contribution is 2.28. The summed E-state index contributed by atoms with van der Waals surface area (Å²) < 4.78 is 0. The monoisotopic (exact) mass is 238 g/mol. The van der Waals surface area contributed by atoms with E-state index in [0.29, 0.717) is 0 Å². The highest BCUT2D eigenvalue weighted by atomic mass is 15.1. The van der Waals surface area contributed by atoms with E-state index in [0.717, 1.165) is 18.0 Å². The van der Waals surface area contributed by atoms with Crippen molar-refractivity contribution in [1.29, 1.82) is 0 Å². The van der Waals surface area contributed by atoms with E-state index in [1.807, 2.05) is 0 Å². The van der Waals surface area contributed by atoms with Crippen molar-refractivity contribution in [2.45, 2.75) is 70.9 Å². The SMILES string of the molecule is CCCN1CCC(NC2CCC(CC)C2)CC1. The molecule has 0 radical (unpaired) electrons. The molecule has 2 unspecified atom stereocenters. The van der Waals surface area contributed by atoms with Crippen LogP contribution in [0.25, 0.3) is 0 Å². The topological polar surface area (TPSA) is 15.3 Å². The molecule has 1 heterocycles. The molecule has 0 spiro atoms. The van der Waals surface area contributed by atoms with Crippen LogP contribution in [0.4, 0.5) is 0 Å². The van der Waals surface area contributed by atoms with Gasteiger partial charge in [0.1, 0.15) is 0 Å².